The minimum absolute atomic E-state index is 0.400. The molecule has 1 aromatic rings. The number of hydrogen-bond donors (Lipinski definition) is 0. The highest BCUT2D eigenvalue weighted by atomic mass is 16.5. The van der Waals surface area contributed by atoms with Crippen LogP contribution in [0.2, 0.25) is 0 Å². The van der Waals surface area contributed by atoms with E-state index < -0.39 is 0 Å². The summed E-state index contributed by atoms with van der Waals surface area (Å²) in [5.41, 5.74) is 0.400. The first-order valence-corrected chi connectivity index (χ1v) is 4.27. The maximum absolute atomic E-state index is 8.52. The Morgan fingerprint density at radius 3 is 2.83 bits per heavy atom. The third kappa shape index (κ3) is 1.20. The van der Waals surface area contributed by atoms with E-state index >= 15 is 0 Å². The van der Waals surface area contributed by atoms with Gasteiger partial charge in [-0.3, -0.25) is 0 Å². The van der Waals surface area contributed by atoms with Crippen LogP contribution in [0.1, 0.15) is 43.1 Å². The molecule has 0 saturated heterocycles. The van der Waals surface area contributed by atoms with Gasteiger partial charge in [-0.05, 0) is 12.8 Å². The molecule has 12 heavy (non-hydrogen) atoms. The number of nitrogens with zero attached hydrogens (tertiary/aromatic N) is 2. The van der Waals surface area contributed by atoms with Gasteiger partial charge in [-0.15, -0.1) is 0 Å². The Kier molecular flexibility index (Phi) is 1.83. The van der Waals surface area contributed by atoms with Crippen molar-refractivity contribution >= 4 is 0 Å². The third-order valence-corrected chi connectivity index (χ3v) is 2.40. The fraction of sp³-hybridized carbons (Fsp3) is 0.556. The average molecular weight is 162 g/mol. The van der Waals surface area contributed by atoms with E-state index in [9.17, 15) is 0 Å². The van der Waals surface area contributed by atoms with Crippen LogP contribution >= 0.6 is 0 Å². The molecule has 1 fully saturated rings. The van der Waals surface area contributed by atoms with Crippen LogP contribution in [0.25, 0.3) is 0 Å². The smallest absolute Gasteiger partial charge is 0.183 e. The monoisotopic (exact) mass is 162 g/mol. The maximum atomic E-state index is 8.52. The minimum atomic E-state index is 0.400. The van der Waals surface area contributed by atoms with Crippen molar-refractivity contribution in [2.24, 2.45) is 0 Å². The molecule has 0 unspecified atom stereocenters. The van der Waals surface area contributed by atoms with E-state index in [0.717, 1.165) is 5.76 Å². The minimum Gasteiger partial charge on any atom is -0.360 e. The molecule has 3 heteroatoms. The van der Waals surface area contributed by atoms with Crippen molar-refractivity contribution in [3.05, 3.63) is 17.5 Å². The molecule has 2 rings (SSSR count). The molecule has 0 aromatic carbocycles. The van der Waals surface area contributed by atoms with Crippen LogP contribution in [-0.2, 0) is 0 Å². The van der Waals surface area contributed by atoms with Gasteiger partial charge in [-0.25, -0.2) is 0 Å². The third-order valence-electron chi connectivity index (χ3n) is 2.40. The largest absolute Gasteiger partial charge is 0.360 e. The number of aromatic nitrogens is 1. The molecule has 0 radical (unpaired) electrons. The van der Waals surface area contributed by atoms with E-state index in [4.69, 9.17) is 9.78 Å². The van der Waals surface area contributed by atoms with Crippen molar-refractivity contribution in [1.82, 2.24) is 5.16 Å². The van der Waals surface area contributed by atoms with Crippen molar-refractivity contribution in [3.8, 4) is 6.07 Å². The summed E-state index contributed by atoms with van der Waals surface area (Å²) in [4.78, 5) is 0. The topological polar surface area (TPSA) is 49.8 Å². The molecule has 0 N–H and O–H groups in total. The van der Waals surface area contributed by atoms with Crippen molar-refractivity contribution in [3.63, 3.8) is 0 Å². The van der Waals surface area contributed by atoms with Gasteiger partial charge in [0.15, 0.2) is 5.69 Å². The van der Waals surface area contributed by atoms with Crippen LogP contribution in [0, 0.1) is 11.3 Å². The van der Waals surface area contributed by atoms with Crippen molar-refractivity contribution in [2.45, 2.75) is 31.6 Å². The Balaban J connectivity index is 2.17. The lowest BCUT2D eigenvalue weighted by molar-refractivity contribution is 0.359. The molecule has 1 heterocycles. The molecular weight excluding hydrogens is 152 g/mol. The zero-order valence-corrected chi connectivity index (χ0v) is 6.79. The second kappa shape index (κ2) is 2.98. The summed E-state index contributed by atoms with van der Waals surface area (Å²) in [6.07, 6.45) is 4.90. The van der Waals surface area contributed by atoms with Crippen molar-refractivity contribution in [2.75, 3.05) is 0 Å². The quantitative estimate of drug-likeness (QED) is 0.636. The van der Waals surface area contributed by atoms with Gasteiger partial charge < -0.3 is 4.52 Å². The summed E-state index contributed by atoms with van der Waals surface area (Å²) >= 11 is 0. The lowest BCUT2D eigenvalue weighted by atomic mass is 10.1. The van der Waals surface area contributed by atoms with E-state index in [1.165, 1.54) is 25.7 Å². The summed E-state index contributed by atoms with van der Waals surface area (Å²) in [5.74, 6) is 1.41. The zero-order chi connectivity index (χ0) is 8.39. The highest BCUT2D eigenvalue weighted by Crippen LogP contribution is 2.33. The molecule has 0 amide bonds. The standard InChI is InChI=1S/C9H10N2O/c10-6-8-5-9(12-11-8)7-3-1-2-4-7/h5,7H,1-4H2. The molecule has 1 saturated carbocycles. The van der Waals surface area contributed by atoms with Gasteiger partial charge in [0.2, 0.25) is 0 Å². The summed E-state index contributed by atoms with van der Waals surface area (Å²) in [5, 5.41) is 12.2. The van der Waals surface area contributed by atoms with Crippen molar-refractivity contribution in [1.29, 1.82) is 5.26 Å². The fourth-order valence-corrected chi connectivity index (χ4v) is 1.74. The van der Waals surface area contributed by atoms with Gasteiger partial charge in [-0.1, -0.05) is 18.0 Å². The summed E-state index contributed by atoms with van der Waals surface area (Å²) in [6.45, 7) is 0. The Morgan fingerprint density at radius 2 is 2.25 bits per heavy atom. The first-order chi connectivity index (χ1) is 5.90. The fourth-order valence-electron chi connectivity index (χ4n) is 1.74. The van der Waals surface area contributed by atoms with Gasteiger partial charge in [0.05, 0.1) is 0 Å². The molecule has 3 nitrogen and oxygen atoms in total. The van der Waals surface area contributed by atoms with E-state index in [1.807, 2.05) is 6.07 Å². The van der Waals surface area contributed by atoms with Crippen LogP contribution in [0.5, 0.6) is 0 Å². The number of rotatable bonds is 1. The van der Waals surface area contributed by atoms with E-state index in [0.29, 0.717) is 11.6 Å². The number of hydrogen-bond acceptors (Lipinski definition) is 3. The molecule has 1 aliphatic rings. The first-order valence-electron chi connectivity index (χ1n) is 4.27. The molecule has 0 atom stereocenters. The SMILES string of the molecule is N#Cc1cc(C2CCCC2)on1. The van der Waals surface area contributed by atoms with Gasteiger partial charge in [-0.2, -0.15) is 5.26 Å². The predicted molar refractivity (Wildman–Crippen MR) is 42.4 cm³/mol. The Bertz CT molecular complexity index is 305. The van der Waals surface area contributed by atoms with Gasteiger partial charge >= 0.3 is 0 Å². The van der Waals surface area contributed by atoms with E-state index in [-0.39, 0.29) is 0 Å². The molecule has 0 aliphatic heterocycles. The summed E-state index contributed by atoms with van der Waals surface area (Å²) < 4.78 is 5.07. The van der Waals surface area contributed by atoms with Crippen LogP contribution in [0.3, 0.4) is 0 Å². The van der Waals surface area contributed by atoms with Crippen LogP contribution in [0.4, 0.5) is 0 Å². The van der Waals surface area contributed by atoms with E-state index in [2.05, 4.69) is 5.16 Å². The summed E-state index contributed by atoms with van der Waals surface area (Å²) in [7, 11) is 0. The predicted octanol–water partition coefficient (Wildman–Crippen LogP) is 2.20. The van der Waals surface area contributed by atoms with Crippen LogP contribution in [0.15, 0.2) is 10.6 Å². The van der Waals surface area contributed by atoms with Gasteiger partial charge in [0.25, 0.3) is 0 Å². The molecule has 1 aromatic heterocycles. The molecule has 0 spiro atoms. The molecule has 0 bridgehead atoms. The molecular formula is C9H10N2O. The lowest BCUT2D eigenvalue weighted by Crippen LogP contribution is -1.87. The first kappa shape index (κ1) is 7.35. The maximum Gasteiger partial charge on any atom is 0.183 e. The zero-order valence-electron chi connectivity index (χ0n) is 6.79. The molecule has 1 aliphatic carbocycles. The van der Waals surface area contributed by atoms with E-state index in [1.54, 1.807) is 6.07 Å². The average Bonchev–Trinajstić information content (AvgIpc) is 2.75. The lowest BCUT2D eigenvalue weighted by Gasteiger charge is -2.00. The van der Waals surface area contributed by atoms with Crippen LogP contribution < -0.4 is 0 Å². The van der Waals surface area contributed by atoms with Gasteiger partial charge in [0, 0.05) is 12.0 Å². The van der Waals surface area contributed by atoms with Crippen LogP contribution in [-0.4, -0.2) is 5.16 Å². The Hall–Kier alpha value is -1.30. The second-order valence-electron chi connectivity index (χ2n) is 3.21. The summed E-state index contributed by atoms with van der Waals surface area (Å²) in [6, 6.07) is 3.73. The Labute approximate surface area is 71.0 Å². The normalized spacial score (nSPS) is 17.9. The highest BCUT2D eigenvalue weighted by molar-refractivity contribution is 5.21. The highest BCUT2D eigenvalue weighted by Gasteiger charge is 2.21. The number of nitriles is 1. The second-order valence-corrected chi connectivity index (χ2v) is 3.21. The van der Waals surface area contributed by atoms with Gasteiger partial charge in [0.1, 0.15) is 11.8 Å². The van der Waals surface area contributed by atoms with Crippen molar-refractivity contribution < 1.29 is 4.52 Å². The molecule has 62 valence electrons. The Morgan fingerprint density at radius 1 is 1.50 bits per heavy atom.